The molecule has 3 unspecified atom stereocenters. The third-order valence-corrected chi connectivity index (χ3v) is 2.64. The zero-order valence-electron chi connectivity index (χ0n) is 9.03. The van der Waals surface area contributed by atoms with Gasteiger partial charge in [-0.3, -0.25) is 4.18 Å². The van der Waals surface area contributed by atoms with Gasteiger partial charge in [-0.25, -0.2) is 10.1 Å². The van der Waals surface area contributed by atoms with Crippen molar-refractivity contribution in [2.24, 2.45) is 0 Å². The van der Waals surface area contributed by atoms with Crippen LogP contribution in [0.4, 0.5) is 0 Å². The van der Waals surface area contributed by atoms with E-state index in [4.69, 9.17) is 24.0 Å². The normalized spacial score (nSPS) is 36.6. The second-order valence-electron chi connectivity index (χ2n) is 3.25. The van der Waals surface area contributed by atoms with E-state index in [1.54, 1.807) is 0 Å². The number of carboxylic acids is 1. The van der Waals surface area contributed by atoms with Crippen molar-refractivity contribution >= 4 is 18.3 Å². The zero-order chi connectivity index (χ0) is 13.7. The van der Waals surface area contributed by atoms with Crippen LogP contribution in [0.25, 0.3) is 0 Å². The molecule has 11 heteroatoms. The van der Waals surface area contributed by atoms with Crippen LogP contribution in [0.1, 0.15) is 0 Å². The first-order chi connectivity index (χ1) is 8.52. The molecule has 1 saturated heterocycles. The number of carboxylic acid groups (broad SMARTS) is 1. The summed E-state index contributed by atoms with van der Waals surface area (Å²) < 4.78 is 18.2. The average molecular weight is 288 g/mol. The highest BCUT2D eigenvalue weighted by molar-refractivity contribution is 7.89. The molecule has 0 spiro atoms. The molecule has 1 rings (SSSR count). The van der Waals surface area contributed by atoms with Gasteiger partial charge in [0, 0.05) is 7.11 Å². The summed E-state index contributed by atoms with van der Waals surface area (Å²) in [6, 6.07) is 0. The lowest BCUT2D eigenvalue weighted by Gasteiger charge is -2.39. The largest absolute Gasteiger partial charge is 0.479 e. The summed E-state index contributed by atoms with van der Waals surface area (Å²) in [5.41, 5.74) is 0. The second kappa shape index (κ2) is 7.18. The smallest absolute Gasteiger partial charge is 0.335 e. The van der Waals surface area contributed by atoms with Crippen molar-refractivity contribution in [1.82, 2.24) is 0 Å². The van der Waals surface area contributed by atoms with E-state index in [1.165, 1.54) is 7.11 Å². The molecule has 0 aliphatic carbocycles. The second-order valence-corrected chi connectivity index (χ2v) is 3.72. The fraction of sp³-hybridized carbons (Fsp3) is 0.857. The minimum Gasteiger partial charge on any atom is -0.479 e. The number of aliphatic hydroxyl groups excluding tert-OH is 2. The van der Waals surface area contributed by atoms with E-state index in [2.05, 4.69) is 9.37 Å². The van der Waals surface area contributed by atoms with Crippen molar-refractivity contribution in [1.29, 1.82) is 0 Å². The predicted molar refractivity (Wildman–Crippen MR) is 52.6 cm³/mol. The molecule has 0 aromatic rings. The minimum atomic E-state index is -1.67. The third-order valence-electron chi connectivity index (χ3n) is 2.23. The number of aliphatic hydroxyl groups is 2. The van der Waals surface area contributed by atoms with Gasteiger partial charge in [-0.05, 0) is 0 Å². The number of rotatable bonds is 6. The van der Waals surface area contributed by atoms with Crippen molar-refractivity contribution in [2.75, 3.05) is 7.11 Å². The van der Waals surface area contributed by atoms with Gasteiger partial charge in [0.2, 0.25) is 0 Å². The molecule has 0 radical (unpaired) electrons. The molecule has 0 aromatic heterocycles. The van der Waals surface area contributed by atoms with Gasteiger partial charge in [0.15, 0.2) is 24.7 Å². The Morgan fingerprint density at radius 2 is 2.00 bits per heavy atom. The Labute approximate surface area is 105 Å². The first kappa shape index (κ1) is 15.6. The van der Waals surface area contributed by atoms with Crippen LogP contribution in [0.5, 0.6) is 0 Å². The van der Waals surface area contributed by atoms with Crippen molar-refractivity contribution < 1.29 is 48.4 Å². The molecule has 1 aliphatic rings. The van der Waals surface area contributed by atoms with Gasteiger partial charge in [-0.15, -0.1) is 4.33 Å². The Kier molecular flexibility index (Phi) is 6.20. The fourth-order valence-corrected chi connectivity index (χ4v) is 1.80. The Bertz CT molecular complexity index is 275. The molecular formula is C7H12O10S. The van der Waals surface area contributed by atoms with Crippen LogP contribution in [0.2, 0.25) is 0 Å². The van der Waals surface area contributed by atoms with E-state index < -0.39 is 36.7 Å². The van der Waals surface area contributed by atoms with Gasteiger partial charge in [0.05, 0.1) is 0 Å². The van der Waals surface area contributed by atoms with Crippen LogP contribution in [-0.4, -0.2) is 64.4 Å². The first-order valence-electron chi connectivity index (χ1n) is 4.60. The van der Waals surface area contributed by atoms with Crippen molar-refractivity contribution in [3.05, 3.63) is 0 Å². The highest BCUT2D eigenvalue weighted by Crippen LogP contribution is 2.27. The van der Waals surface area contributed by atoms with E-state index in [0.29, 0.717) is 0 Å². The number of hydrogen-bond donors (Lipinski definition) is 4. The van der Waals surface area contributed by atoms with Crippen LogP contribution < -0.4 is 0 Å². The predicted octanol–water partition coefficient (Wildman–Crippen LogP) is -1.47. The number of ether oxygens (including phenoxy) is 2. The maximum atomic E-state index is 10.8. The topological polar surface area (TPSA) is 144 Å². The quantitative estimate of drug-likeness (QED) is 0.197. The molecule has 0 aromatic carbocycles. The minimum absolute atomic E-state index is 0.0973. The van der Waals surface area contributed by atoms with Crippen LogP contribution in [-0.2, 0) is 27.8 Å². The Morgan fingerprint density at radius 1 is 1.33 bits per heavy atom. The Morgan fingerprint density at radius 3 is 2.50 bits per heavy atom. The van der Waals surface area contributed by atoms with Crippen molar-refractivity contribution in [2.45, 2.75) is 30.7 Å². The maximum absolute atomic E-state index is 10.8. The summed E-state index contributed by atoms with van der Waals surface area (Å²) in [5, 5.41) is 39.3. The molecule has 5 atom stereocenters. The molecule has 10 nitrogen and oxygen atoms in total. The summed E-state index contributed by atoms with van der Waals surface area (Å²) in [6.45, 7) is 0. The monoisotopic (exact) mass is 288 g/mol. The molecule has 1 heterocycles. The van der Waals surface area contributed by atoms with Crippen molar-refractivity contribution in [3.63, 3.8) is 0 Å². The molecule has 0 amide bonds. The van der Waals surface area contributed by atoms with Gasteiger partial charge >= 0.3 is 5.97 Å². The highest BCUT2D eigenvalue weighted by Gasteiger charge is 2.49. The lowest BCUT2D eigenvalue weighted by Crippen LogP contribution is -2.60. The van der Waals surface area contributed by atoms with Gasteiger partial charge in [0.25, 0.3) is 0 Å². The van der Waals surface area contributed by atoms with Crippen LogP contribution >= 0.6 is 12.3 Å². The standard InChI is InChI=1S/C7H12O10S/c1-13-7-3(9)4(15-18-17-16-12)2(8)5(14-7)6(10)11/h2-5,7-9,12H,1H3,(H,10,11)/t2-,3?,4-,5?,7?/m0/s1. The van der Waals surface area contributed by atoms with Crippen LogP contribution in [0, 0.1) is 0 Å². The molecule has 106 valence electrons. The number of methoxy groups -OCH3 is 1. The molecule has 1 fully saturated rings. The summed E-state index contributed by atoms with van der Waals surface area (Å²) in [7, 11) is 1.18. The van der Waals surface area contributed by atoms with Gasteiger partial charge in [-0.1, -0.05) is 5.04 Å². The van der Waals surface area contributed by atoms with Crippen LogP contribution in [0.3, 0.4) is 0 Å². The molecular weight excluding hydrogens is 276 g/mol. The average Bonchev–Trinajstić information content (AvgIpc) is 2.33. The van der Waals surface area contributed by atoms with Gasteiger partial charge in [-0.2, -0.15) is 0 Å². The van der Waals surface area contributed by atoms with Gasteiger partial charge < -0.3 is 24.8 Å². The molecule has 1 aliphatic heterocycles. The Balaban J connectivity index is 2.72. The molecule has 18 heavy (non-hydrogen) atoms. The summed E-state index contributed by atoms with van der Waals surface area (Å²) in [5.74, 6) is -1.45. The molecule has 0 bridgehead atoms. The highest BCUT2D eigenvalue weighted by atomic mass is 32.2. The summed E-state index contributed by atoms with van der Waals surface area (Å²) in [4.78, 5) is 10.8. The summed E-state index contributed by atoms with van der Waals surface area (Å²) in [6.07, 6.45) is -7.45. The van der Waals surface area contributed by atoms with E-state index in [9.17, 15) is 15.0 Å². The Hall–Kier alpha value is -0.500. The lowest BCUT2D eigenvalue weighted by molar-refractivity contribution is -0.435. The lowest BCUT2D eigenvalue weighted by atomic mass is 9.99. The van der Waals surface area contributed by atoms with Gasteiger partial charge in [0.1, 0.15) is 18.3 Å². The molecule has 0 saturated carbocycles. The molecule has 4 N–H and O–H groups in total. The number of aliphatic carboxylic acids is 1. The fourth-order valence-electron chi connectivity index (χ4n) is 1.42. The number of hydrogen-bond acceptors (Lipinski definition) is 10. The van der Waals surface area contributed by atoms with E-state index >= 15 is 0 Å². The SMILES string of the molecule is COC1OC(C(=O)O)[C@@H](O)[C@H](OSOOO)C1O. The van der Waals surface area contributed by atoms with Crippen molar-refractivity contribution in [3.8, 4) is 0 Å². The zero-order valence-corrected chi connectivity index (χ0v) is 9.85. The van der Waals surface area contributed by atoms with Crippen LogP contribution in [0.15, 0.2) is 0 Å². The first-order valence-corrected chi connectivity index (χ1v) is 5.27. The van der Waals surface area contributed by atoms with E-state index in [-0.39, 0.29) is 12.3 Å². The number of carbonyl (C=O) groups is 1. The van der Waals surface area contributed by atoms with E-state index in [0.717, 1.165) is 0 Å². The summed E-state index contributed by atoms with van der Waals surface area (Å²) >= 11 is 0.0973. The van der Waals surface area contributed by atoms with E-state index in [1.807, 2.05) is 0 Å². The maximum Gasteiger partial charge on any atom is 0.335 e. The third kappa shape index (κ3) is 3.50.